The van der Waals surface area contributed by atoms with Crippen molar-refractivity contribution < 1.29 is 28.6 Å². The topological polar surface area (TPSA) is 78.9 Å². The van der Waals surface area contributed by atoms with Crippen molar-refractivity contribution in [3.63, 3.8) is 0 Å². The van der Waals surface area contributed by atoms with E-state index >= 15 is 0 Å². The van der Waals surface area contributed by atoms with E-state index in [9.17, 15) is 14.4 Å². The third-order valence-corrected chi connectivity index (χ3v) is 11.7. The molecule has 0 unspecified atom stereocenters. The molecule has 0 saturated carbocycles. The van der Waals surface area contributed by atoms with E-state index in [2.05, 4.69) is 34.6 Å². The zero-order chi connectivity index (χ0) is 42.6. The molecule has 58 heavy (non-hydrogen) atoms. The maximum Gasteiger partial charge on any atom is 0.306 e. The minimum atomic E-state index is -0.761. The molecule has 0 saturated heterocycles. The third-order valence-electron chi connectivity index (χ3n) is 11.7. The van der Waals surface area contributed by atoms with Gasteiger partial charge in [0.15, 0.2) is 6.10 Å². The molecule has 344 valence electrons. The van der Waals surface area contributed by atoms with Crippen molar-refractivity contribution in [2.45, 2.75) is 291 Å². The predicted molar refractivity (Wildman–Crippen MR) is 247 cm³/mol. The lowest BCUT2D eigenvalue weighted by atomic mass is 10.0. The first kappa shape index (κ1) is 56.4. The maximum absolute atomic E-state index is 12.8. The Hall–Kier alpha value is -1.59. The van der Waals surface area contributed by atoms with E-state index in [0.717, 1.165) is 69.6 Å². The summed E-state index contributed by atoms with van der Waals surface area (Å²) < 4.78 is 16.8. The lowest BCUT2D eigenvalue weighted by molar-refractivity contribution is -0.167. The van der Waals surface area contributed by atoms with Crippen molar-refractivity contribution in [2.75, 3.05) is 13.2 Å². The highest BCUT2D eigenvalue weighted by molar-refractivity contribution is 5.71. The van der Waals surface area contributed by atoms with Crippen LogP contribution in [-0.2, 0) is 28.6 Å². The minimum absolute atomic E-state index is 0.0637. The van der Waals surface area contributed by atoms with Gasteiger partial charge in [0.05, 0.1) is 0 Å². The van der Waals surface area contributed by atoms with Crippen LogP contribution in [0.2, 0.25) is 0 Å². The van der Waals surface area contributed by atoms with Crippen LogP contribution in [0.1, 0.15) is 285 Å². The van der Waals surface area contributed by atoms with Crippen LogP contribution in [0.3, 0.4) is 0 Å². The molecule has 0 amide bonds. The fraction of sp³-hybridized carbons (Fsp3) is 0.942. The van der Waals surface area contributed by atoms with Gasteiger partial charge in [0.25, 0.3) is 0 Å². The summed E-state index contributed by atoms with van der Waals surface area (Å²) in [5, 5.41) is 0. The first-order valence-corrected chi connectivity index (χ1v) is 25.7. The van der Waals surface area contributed by atoms with Gasteiger partial charge in [-0.2, -0.15) is 0 Å². The molecule has 0 radical (unpaired) electrons. The summed E-state index contributed by atoms with van der Waals surface area (Å²) in [5.41, 5.74) is 0. The van der Waals surface area contributed by atoms with Gasteiger partial charge in [-0.15, -0.1) is 0 Å². The van der Waals surface area contributed by atoms with Crippen molar-refractivity contribution in [3.8, 4) is 0 Å². The second-order valence-electron chi connectivity index (χ2n) is 18.8. The van der Waals surface area contributed by atoms with Crippen LogP contribution >= 0.6 is 0 Å². The van der Waals surface area contributed by atoms with Gasteiger partial charge in [-0.25, -0.2) is 0 Å². The molecular weight excluding hydrogens is 721 g/mol. The molecule has 0 aliphatic heterocycles. The molecular formula is C52H100O6. The van der Waals surface area contributed by atoms with Gasteiger partial charge in [0.2, 0.25) is 0 Å². The highest BCUT2D eigenvalue weighted by atomic mass is 16.6. The zero-order valence-electron chi connectivity index (χ0n) is 39.7. The van der Waals surface area contributed by atoms with Crippen molar-refractivity contribution in [2.24, 2.45) is 11.8 Å². The molecule has 0 aliphatic carbocycles. The summed E-state index contributed by atoms with van der Waals surface area (Å²) in [5.74, 6) is 0.815. The van der Waals surface area contributed by atoms with Crippen LogP contribution in [0.5, 0.6) is 0 Å². The quantitative estimate of drug-likeness (QED) is 0.0346. The van der Waals surface area contributed by atoms with E-state index in [1.807, 2.05) is 0 Å². The Morgan fingerprint density at radius 2 is 0.569 bits per heavy atom. The summed E-state index contributed by atoms with van der Waals surface area (Å²) in [7, 11) is 0. The summed E-state index contributed by atoms with van der Waals surface area (Å²) in [6, 6.07) is 0. The Balaban J connectivity index is 4.29. The number of carbonyl (C=O) groups is 3. The Kier molecular flexibility index (Phi) is 43.7. The molecule has 0 aromatic heterocycles. The third kappa shape index (κ3) is 45.5. The van der Waals surface area contributed by atoms with E-state index in [4.69, 9.17) is 14.2 Å². The standard InChI is InChI=1S/C52H100O6/c1-6-7-8-9-10-11-22-27-32-37-42-50(53)56-45-49(58-52(55)44-39-34-29-24-19-15-17-21-26-31-36-41-48(4)5)46-57-51(54)43-38-33-28-23-18-14-12-13-16-20-25-30-35-40-47(2)3/h47-49H,6-46H2,1-5H3/t49-/m0/s1. The number of hydrogen-bond donors (Lipinski definition) is 0. The lowest BCUT2D eigenvalue weighted by Crippen LogP contribution is -2.30. The summed E-state index contributed by atoms with van der Waals surface area (Å²) in [6.45, 7) is 11.4. The molecule has 0 fully saturated rings. The SMILES string of the molecule is CCCCCCCCCCCCC(=O)OC[C@@H](COC(=O)CCCCCCCCCCCCCCCC(C)C)OC(=O)CCCCCCCCCCCCCC(C)C. The number of unbranched alkanes of at least 4 members (excludes halogenated alkanes) is 31. The van der Waals surface area contributed by atoms with Gasteiger partial charge >= 0.3 is 17.9 Å². The Bertz CT molecular complexity index is 885. The molecule has 0 aliphatic rings. The average molecular weight is 821 g/mol. The molecule has 0 rings (SSSR count). The fourth-order valence-corrected chi connectivity index (χ4v) is 7.81. The maximum atomic E-state index is 12.8. The smallest absolute Gasteiger partial charge is 0.306 e. The monoisotopic (exact) mass is 821 g/mol. The largest absolute Gasteiger partial charge is 0.462 e. The van der Waals surface area contributed by atoms with Crippen molar-refractivity contribution in [3.05, 3.63) is 0 Å². The molecule has 0 bridgehead atoms. The molecule has 0 aromatic carbocycles. The average Bonchev–Trinajstić information content (AvgIpc) is 3.19. The van der Waals surface area contributed by atoms with E-state index in [1.165, 1.54) is 173 Å². The summed E-state index contributed by atoms with van der Waals surface area (Å²) in [4.78, 5) is 37.9. The van der Waals surface area contributed by atoms with Crippen LogP contribution in [0.25, 0.3) is 0 Å². The fourth-order valence-electron chi connectivity index (χ4n) is 7.81. The Labute approximate surface area is 361 Å². The summed E-state index contributed by atoms with van der Waals surface area (Å²) >= 11 is 0. The van der Waals surface area contributed by atoms with Gasteiger partial charge in [0.1, 0.15) is 13.2 Å². The Morgan fingerprint density at radius 1 is 0.328 bits per heavy atom. The Morgan fingerprint density at radius 3 is 0.845 bits per heavy atom. The van der Waals surface area contributed by atoms with Crippen molar-refractivity contribution in [1.29, 1.82) is 0 Å². The van der Waals surface area contributed by atoms with Crippen LogP contribution in [0.4, 0.5) is 0 Å². The first-order valence-electron chi connectivity index (χ1n) is 25.7. The lowest BCUT2D eigenvalue weighted by Gasteiger charge is -2.18. The molecule has 1 atom stereocenters. The number of hydrogen-bond acceptors (Lipinski definition) is 6. The normalized spacial score (nSPS) is 12.1. The van der Waals surface area contributed by atoms with E-state index in [-0.39, 0.29) is 31.1 Å². The van der Waals surface area contributed by atoms with E-state index < -0.39 is 6.10 Å². The van der Waals surface area contributed by atoms with E-state index in [1.54, 1.807) is 0 Å². The second-order valence-corrected chi connectivity index (χ2v) is 18.8. The van der Waals surface area contributed by atoms with Crippen LogP contribution in [0.15, 0.2) is 0 Å². The molecule has 0 N–H and O–H groups in total. The summed E-state index contributed by atoms with van der Waals surface area (Å²) in [6.07, 6.45) is 45.1. The molecule has 6 nitrogen and oxygen atoms in total. The van der Waals surface area contributed by atoms with Gasteiger partial charge < -0.3 is 14.2 Å². The van der Waals surface area contributed by atoms with Gasteiger partial charge in [-0.05, 0) is 31.1 Å². The van der Waals surface area contributed by atoms with Gasteiger partial charge in [-0.3, -0.25) is 14.4 Å². The first-order chi connectivity index (χ1) is 28.2. The van der Waals surface area contributed by atoms with Gasteiger partial charge in [0, 0.05) is 19.3 Å². The molecule has 0 spiro atoms. The number of rotatable bonds is 46. The van der Waals surface area contributed by atoms with E-state index in [0.29, 0.717) is 19.3 Å². The second kappa shape index (κ2) is 44.9. The molecule has 0 aromatic rings. The number of esters is 3. The van der Waals surface area contributed by atoms with Crippen molar-refractivity contribution in [1.82, 2.24) is 0 Å². The predicted octanol–water partition coefficient (Wildman–Crippen LogP) is 16.5. The van der Waals surface area contributed by atoms with Crippen LogP contribution < -0.4 is 0 Å². The minimum Gasteiger partial charge on any atom is -0.462 e. The highest BCUT2D eigenvalue weighted by Gasteiger charge is 2.19. The number of carbonyl (C=O) groups excluding carboxylic acids is 3. The van der Waals surface area contributed by atoms with Crippen LogP contribution in [0, 0.1) is 11.8 Å². The molecule has 0 heterocycles. The van der Waals surface area contributed by atoms with Crippen molar-refractivity contribution >= 4 is 17.9 Å². The highest BCUT2D eigenvalue weighted by Crippen LogP contribution is 2.17. The molecule has 6 heteroatoms. The van der Waals surface area contributed by atoms with Gasteiger partial charge in [-0.1, -0.05) is 247 Å². The van der Waals surface area contributed by atoms with Crippen LogP contribution in [-0.4, -0.2) is 37.2 Å². The zero-order valence-corrected chi connectivity index (χ0v) is 39.7. The number of ether oxygens (including phenoxy) is 3.